The maximum absolute atomic E-state index is 13.7. The standard InChI is InChI=1S/C15H25FN2/c1-4-9-18(12-15(2,3)11-17)10-13-7-5-6-8-14(13)16/h5-8H,4,9-12,17H2,1-3H3. The first-order chi connectivity index (χ1) is 8.48. The van der Waals surface area contributed by atoms with Crippen LogP contribution < -0.4 is 5.73 Å². The van der Waals surface area contributed by atoms with Crippen molar-refractivity contribution in [1.29, 1.82) is 0 Å². The second-order valence-corrected chi connectivity index (χ2v) is 5.67. The predicted molar refractivity (Wildman–Crippen MR) is 74.8 cm³/mol. The van der Waals surface area contributed by atoms with Gasteiger partial charge in [0.1, 0.15) is 5.82 Å². The maximum Gasteiger partial charge on any atom is 0.127 e. The summed E-state index contributed by atoms with van der Waals surface area (Å²) in [4.78, 5) is 2.28. The molecule has 18 heavy (non-hydrogen) atoms. The predicted octanol–water partition coefficient (Wildman–Crippen LogP) is 3.02. The lowest BCUT2D eigenvalue weighted by atomic mass is 9.93. The molecule has 0 radical (unpaired) electrons. The van der Waals surface area contributed by atoms with Gasteiger partial charge in [0.15, 0.2) is 0 Å². The van der Waals surface area contributed by atoms with Crippen LogP contribution in [0, 0.1) is 11.2 Å². The van der Waals surface area contributed by atoms with Gasteiger partial charge in [-0.25, -0.2) is 4.39 Å². The first-order valence-electron chi connectivity index (χ1n) is 6.64. The van der Waals surface area contributed by atoms with Crippen molar-refractivity contribution in [2.75, 3.05) is 19.6 Å². The number of rotatable bonds is 7. The molecule has 0 spiro atoms. The molecule has 0 aliphatic rings. The molecule has 0 saturated carbocycles. The second-order valence-electron chi connectivity index (χ2n) is 5.67. The third-order valence-electron chi connectivity index (χ3n) is 3.10. The van der Waals surface area contributed by atoms with E-state index in [1.165, 1.54) is 6.07 Å². The zero-order valence-electron chi connectivity index (χ0n) is 11.7. The molecule has 1 aromatic carbocycles. The van der Waals surface area contributed by atoms with Crippen molar-refractivity contribution < 1.29 is 4.39 Å². The number of nitrogens with two attached hydrogens (primary N) is 1. The van der Waals surface area contributed by atoms with E-state index < -0.39 is 0 Å². The van der Waals surface area contributed by atoms with Crippen LogP contribution in [0.1, 0.15) is 32.8 Å². The van der Waals surface area contributed by atoms with Crippen molar-refractivity contribution in [2.45, 2.75) is 33.7 Å². The largest absolute Gasteiger partial charge is 0.330 e. The Bertz CT molecular complexity index is 363. The summed E-state index contributed by atoms with van der Waals surface area (Å²) in [5.41, 5.74) is 6.61. The molecule has 0 saturated heterocycles. The lowest BCUT2D eigenvalue weighted by Crippen LogP contribution is -2.39. The normalized spacial score (nSPS) is 12.1. The zero-order valence-corrected chi connectivity index (χ0v) is 11.7. The van der Waals surface area contributed by atoms with Gasteiger partial charge in [0, 0.05) is 18.7 Å². The van der Waals surface area contributed by atoms with Crippen LogP contribution in [0.2, 0.25) is 0 Å². The molecule has 0 heterocycles. The first-order valence-corrected chi connectivity index (χ1v) is 6.64. The second kappa shape index (κ2) is 6.86. The Morgan fingerprint density at radius 2 is 1.94 bits per heavy atom. The van der Waals surface area contributed by atoms with Crippen LogP contribution in [0.15, 0.2) is 24.3 Å². The van der Waals surface area contributed by atoms with Gasteiger partial charge in [0.2, 0.25) is 0 Å². The average molecular weight is 252 g/mol. The Balaban J connectivity index is 2.72. The number of hydrogen-bond donors (Lipinski definition) is 1. The minimum Gasteiger partial charge on any atom is -0.330 e. The van der Waals surface area contributed by atoms with Crippen molar-refractivity contribution >= 4 is 0 Å². The third-order valence-corrected chi connectivity index (χ3v) is 3.10. The van der Waals surface area contributed by atoms with Gasteiger partial charge in [-0.1, -0.05) is 39.0 Å². The van der Waals surface area contributed by atoms with Crippen LogP contribution in [0.4, 0.5) is 4.39 Å². The van der Waals surface area contributed by atoms with E-state index in [9.17, 15) is 4.39 Å². The van der Waals surface area contributed by atoms with E-state index in [1.54, 1.807) is 6.07 Å². The van der Waals surface area contributed by atoms with E-state index in [-0.39, 0.29) is 11.2 Å². The SMILES string of the molecule is CCCN(Cc1ccccc1F)CC(C)(C)CN. The van der Waals surface area contributed by atoms with Gasteiger partial charge >= 0.3 is 0 Å². The number of benzene rings is 1. The number of nitrogens with zero attached hydrogens (tertiary/aromatic N) is 1. The highest BCUT2D eigenvalue weighted by Gasteiger charge is 2.20. The summed E-state index contributed by atoms with van der Waals surface area (Å²) < 4.78 is 13.7. The molecule has 0 aromatic heterocycles. The van der Waals surface area contributed by atoms with Gasteiger partial charge < -0.3 is 5.73 Å². The van der Waals surface area contributed by atoms with E-state index >= 15 is 0 Å². The molecule has 1 rings (SSSR count). The van der Waals surface area contributed by atoms with Crippen LogP contribution in [0.5, 0.6) is 0 Å². The van der Waals surface area contributed by atoms with Gasteiger partial charge in [-0.15, -0.1) is 0 Å². The van der Waals surface area contributed by atoms with Crippen LogP contribution in [0.25, 0.3) is 0 Å². The van der Waals surface area contributed by atoms with E-state index in [4.69, 9.17) is 5.73 Å². The molecule has 3 heteroatoms. The lowest BCUT2D eigenvalue weighted by molar-refractivity contribution is 0.174. The highest BCUT2D eigenvalue weighted by atomic mass is 19.1. The van der Waals surface area contributed by atoms with Crippen LogP contribution in [0.3, 0.4) is 0 Å². The lowest BCUT2D eigenvalue weighted by Gasteiger charge is -2.31. The summed E-state index contributed by atoms with van der Waals surface area (Å²) in [5, 5.41) is 0. The van der Waals surface area contributed by atoms with E-state index in [2.05, 4.69) is 25.7 Å². The number of halogens is 1. The van der Waals surface area contributed by atoms with Crippen molar-refractivity contribution in [3.63, 3.8) is 0 Å². The zero-order chi connectivity index (χ0) is 13.6. The Morgan fingerprint density at radius 3 is 2.50 bits per heavy atom. The molecule has 102 valence electrons. The summed E-state index contributed by atoms with van der Waals surface area (Å²) in [6.07, 6.45) is 1.06. The molecular formula is C15H25FN2. The molecule has 0 aliphatic heterocycles. The number of hydrogen-bond acceptors (Lipinski definition) is 2. The molecule has 2 nitrogen and oxygen atoms in total. The Labute approximate surface area is 110 Å². The molecule has 0 aliphatic carbocycles. The van der Waals surface area contributed by atoms with Gasteiger partial charge in [-0.2, -0.15) is 0 Å². The van der Waals surface area contributed by atoms with Gasteiger partial charge in [0.25, 0.3) is 0 Å². The molecule has 0 bridgehead atoms. The minimum absolute atomic E-state index is 0.0699. The maximum atomic E-state index is 13.7. The average Bonchev–Trinajstić information content (AvgIpc) is 2.32. The fraction of sp³-hybridized carbons (Fsp3) is 0.600. The smallest absolute Gasteiger partial charge is 0.127 e. The van der Waals surface area contributed by atoms with Crippen LogP contribution >= 0.6 is 0 Å². The molecular weight excluding hydrogens is 227 g/mol. The van der Waals surface area contributed by atoms with Crippen molar-refractivity contribution in [2.24, 2.45) is 11.1 Å². The van der Waals surface area contributed by atoms with E-state index in [1.807, 2.05) is 12.1 Å². The van der Waals surface area contributed by atoms with Crippen molar-refractivity contribution in [3.8, 4) is 0 Å². The summed E-state index contributed by atoms with van der Waals surface area (Å²) in [5.74, 6) is -0.121. The summed E-state index contributed by atoms with van der Waals surface area (Å²) in [6, 6.07) is 6.99. The monoisotopic (exact) mass is 252 g/mol. The van der Waals surface area contributed by atoms with Gasteiger partial charge in [-0.05, 0) is 31.0 Å². The molecule has 2 N–H and O–H groups in total. The summed E-state index contributed by atoms with van der Waals surface area (Å²) in [6.45, 7) is 9.61. The highest BCUT2D eigenvalue weighted by Crippen LogP contribution is 2.18. The van der Waals surface area contributed by atoms with Crippen LogP contribution in [-0.2, 0) is 6.54 Å². The summed E-state index contributed by atoms with van der Waals surface area (Å²) in [7, 11) is 0. The Kier molecular flexibility index (Phi) is 5.76. The molecule has 0 atom stereocenters. The highest BCUT2D eigenvalue weighted by molar-refractivity contribution is 5.17. The summed E-state index contributed by atoms with van der Waals surface area (Å²) >= 11 is 0. The van der Waals surface area contributed by atoms with Crippen molar-refractivity contribution in [3.05, 3.63) is 35.6 Å². The minimum atomic E-state index is -0.121. The quantitative estimate of drug-likeness (QED) is 0.808. The fourth-order valence-corrected chi connectivity index (χ4v) is 2.07. The molecule has 1 aromatic rings. The Hall–Kier alpha value is -0.930. The Morgan fingerprint density at radius 1 is 1.28 bits per heavy atom. The van der Waals surface area contributed by atoms with Gasteiger partial charge in [-0.3, -0.25) is 4.90 Å². The molecule has 0 unspecified atom stereocenters. The molecule has 0 amide bonds. The van der Waals surface area contributed by atoms with Crippen LogP contribution in [-0.4, -0.2) is 24.5 Å². The molecule has 0 fully saturated rings. The topological polar surface area (TPSA) is 29.3 Å². The fourth-order valence-electron chi connectivity index (χ4n) is 2.07. The van der Waals surface area contributed by atoms with E-state index in [0.717, 1.165) is 25.1 Å². The van der Waals surface area contributed by atoms with Crippen molar-refractivity contribution in [1.82, 2.24) is 4.90 Å². The first kappa shape index (κ1) is 15.1. The third kappa shape index (κ3) is 4.75. The van der Waals surface area contributed by atoms with Gasteiger partial charge in [0.05, 0.1) is 0 Å². The van der Waals surface area contributed by atoms with E-state index in [0.29, 0.717) is 13.1 Å².